The summed E-state index contributed by atoms with van der Waals surface area (Å²) in [6.07, 6.45) is 5.35. The fourth-order valence-electron chi connectivity index (χ4n) is 3.76. The second-order valence-electron chi connectivity index (χ2n) is 6.66. The number of hydrogen-bond donors (Lipinski definition) is 1. The molecule has 0 atom stereocenters. The molecule has 0 aliphatic carbocycles. The summed E-state index contributed by atoms with van der Waals surface area (Å²) in [6, 6.07) is 7.81. The predicted molar refractivity (Wildman–Crippen MR) is 87.0 cm³/mol. The van der Waals surface area contributed by atoms with Crippen LogP contribution in [0.5, 0.6) is 5.75 Å². The van der Waals surface area contributed by atoms with Crippen LogP contribution in [0.25, 0.3) is 0 Å². The second kappa shape index (κ2) is 6.69. The maximum atomic E-state index is 12.5. The minimum atomic E-state index is 0.247. The fraction of sp³-hybridized carbons (Fsp3) is 0.611. The van der Waals surface area contributed by atoms with Crippen molar-refractivity contribution in [1.29, 1.82) is 0 Å². The van der Waals surface area contributed by atoms with Gasteiger partial charge in [0.1, 0.15) is 5.75 Å². The van der Waals surface area contributed by atoms with Gasteiger partial charge < -0.3 is 15.0 Å². The van der Waals surface area contributed by atoms with Crippen molar-refractivity contribution in [3.63, 3.8) is 0 Å². The third-order valence-corrected chi connectivity index (χ3v) is 5.33. The first-order valence-corrected chi connectivity index (χ1v) is 8.32. The summed E-state index contributed by atoms with van der Waals surface area (Å²) in [6.45, 7) is 4.11. The van der Waals surface area contributed by atoms with Gasteiger partial charge >= 0.3 is 0 Å². The Balaban J connectivity index is 1.55. The van der Waals surface area contributed by atoms with Gasteiger partial charge in [-0.1, -0.05) is 12.1 Å². The van der Waals surface area contributed by atoms with E-state index >= 15 is 0 Å². The molecule has 2 fully saturated rings. The number of carbonyl (C=O) groups excluding carboxylic acids is 1. The summed E-state index contributed by atoms with van der Waals surface area (Å²) < 4.78 is 5.23. The quantitative estimate of drug-likeness (QED) is 0.931. The average Bonchev–Trinajstić information content (AvgIpc) is 2.56. The molecule has 0 saturated carbocycles. The lowest BCUT2D eigenvalue weighted by Gasteiger charge is -2.44. The Kier molecular flexibility index (Phi) is 4.67. The molecule has 2 heterocycles. The lowest BCUT2D eigenvalue weighted by atomic mass is 9.71. The van der Waals surface area contributed by atoms with Gasteiger partial charge in [-0.25, -0.2) is 0 Å². The number of carbonyl (C=O) groups is 1. The van der Waals surface area contributed by atoms with Crippen LogP contribution in [0.4, 0.5) is 0 Å². The molecule has 1 aromatic carbocycles. The van der Waals surface area contributed by atoms with Crippen LogP contribution in [0.3, 0.4) is 0 Å². The van der Waals surface area contributed by atoms with Crippen molar-refractivity contribution in [3.8, 4) is 5.75 Å². The molecule has 2 aliphatic heterocycles. The van der Waals surface area contributed by atoms with Crippen LogP contribution >= 0.6 is 0 Å². The van der Waals surface area contributed by atoms with Crippen LogP contribution < -0.4 is 10.1 Å². The lowest BCUT2D eigenvalue weighted by Crippen LogP contribution is -2.47. The Labute approximate surface area is 132 Å². The van der Waals surface area contributed by atoms with E-state index in [1.54, 1.807) is 7.11 Å². The smallest absolute Gasteiger partial charge is 0.226 e. The van der Waals surface area contributed by atoms with Gasteiger partial charge in [-0.15, -0.1) is 0 Å². The minimum absolute atomic E-state index is 0.247. The zero-order chi connectivity index (χ0) is 15.4. The first kappa shape index (κ1) is 15.3. The lowest BCUT2D eigenvalue weighted by molar-refractivity contribution is -0.133. The Bertz CT molecular complexity index is 514. The number of amides is 1. The van der Waals surface area contributed by atoms with E-state index in [1.165, 1.54) is 25.7 Å². The number of hydrogen-bond acceptors (Lipinski definition) is 3. The zero-order valence-corrected chi connectivity index (χ0v) is 13.4. The highest BCUT2D eigenvalue weighted by Crippen LogP contribution is 2.39. The Morgan fingerprint density at radius 1 is 1.23 bits per heavy atom. The number of likely N-dealkylation sites (tertiary alicyclic amines) is 1. The summed E-state index contributed by atoms with van der Waals surface area (Å²) >= 11 is 0. The number of piperidine rings is 2. The van der Waals surface area contributed by atoms with Crippen LogP contribution in [-0.2, 0) is 11.2 Å². The van der Waals surface area contributed by atoms with Crippen molar-refractivity contribution in [2.45, 2.75) is 32.1 Å². The van der Waals surface area contributed by atoms with E-state index in [4.69, 9.17) is 4.74 Å². The molecule has 2 saturated heterocycles. The van der Waals surface area contributed by atoms with Crippen molar-refractivity contribution >= 4 is 5.91 Å². The topological polar surface area (TPSA) is 41.6 Å². The molecular weight excluding hydrogens is 276 g/mol. The molecule has 120 valence electrons. The van der Waals surface area contributed by atoms with Crippen LogP contribution in [0.1, 0.15) is 31.2 Å². The summed E-state index contributed by atoms with van der Waals surface area (Å²) in [5.41, 5.74) is 1.53. The van der Waals surface area contributed by atoms with Crippen molar-refractivity contribution in [1.82, 2.24) is 10.2 Å². The standard InChI is InChI=1S/C18H26N2O2/c1-22-16-4-2-3-15(13-16)14-17(21)20-11-7-18(8-12-20)5-9-19-10-6-18/h2-4,13,19H,5-12,14H2,1H3. The number of nitrogens with one attached hydrogen (secondary N) is 1. The maximum absolute atomic E-state index is 12.5. The van der Waals surface area contributed by atoms with Gasteiger partial charge in [0.05, 0.1) is 13.5 Å². The van der Waals surface area contributed by atoms with E-state index < -0.39 is 0 Å². The molecule has 22 heavy (non-hydrogen) atoms. The molecule has 0 unspecified atom stereocenters. The molecule has 2 aliphatic rings. The number of rotatable bonds is 3. The van der Waals surface area contributed by atoms with Gasteiger partial charge in [0.15, 0.2) is 0 Å². The molecular formula is C18H26N2O2. The van der Waals surface area contributed by atoms with Crippen LogP contribution in [0, 0.1) is 5.41 Å². The molecule has 0 radical (unpaired) electrons. The largest absolute Gasteiger partial charge is 0.497 e. The summed E-state index contributed by atoms with van der Waals surface area (Å²) in [5, 5.41) is 3.44. The van der Waals surface area contributed by atoms with Crippen LogP contribution in [0.2, 0.25) is 0 Å². The highest BCUT2D eigenvalue weighted by atomic mass is 16.5. The first-order valence-electron chi connectivity index (χ1n) is 8.32. The fourth-order valence-corrected chi connectivity index (χ4v) is 3.76. The highest BCUT2D eigenvalue weighted by molar-refractivity contribution is 5.79. The van der Waals surface area contributed by atoms with E-state index in [-0.39, 0.29) is 5.91 Å². The van der Waals surface area contributed by atoms with Gasteiger partial charge in [-0.05, 0) is 61.9 Å². The van der Waals surface area contributed by atoms with E-state index in [9.17, 15) is 4.79 Å². The monoisotopic (exact) mass is 302 g/mol. The molecule has 1 aromatic rings. The van der Waals surface area contributed by atoms with E-state index in [2.05, 4.69) is 5.32 Å². The summed E-state index contributed by atoms with van der Waals surface area (Å²) in [4.78, 5) is 14.6. The number of benzene rings is 1. The van der Waals surface area contributed by atoms with Gasteiger partial charge in [0, 0.05) is 13.1 Å². The molecule has 1 amide bonds. The third-order valence-electron chi connectivity index (χ3n) is 5.33. The predicted octanol–water partition coefficient (Wildman–Crippen LogP) is 2.23. The minimum Gasteiger partial charge on any atom is -0.497 e. The van der Waals surface area contributed by atoms with E-state index in [1.807, 2.05) is 29.2 Å². The van der Waals surface area contributed by atoms with Gasteiger partial charge in [0.2, 0.25) is 5.91 Å². The Hall–Kier alpha value is -1.55. The molecule has 1 N–H and O–H groups in total. The molecule has 0 aromatic heterocycles. The van der Waals surface area contributed by atoms with Gasteiger partial charge in [-0.2, -0.15) is 0 Å². The Morgan fingerprint density at radius 2 is 1.95 bits per heavy atom. The summed E-state index contributed by atoms with van der Waals surface area (Å²) in [5.74, 6) is 1.06. The second-order valence-corrected chi connectivity index (χ2v) is 6.66. The molecule has 1 spiro atoms. The van der Waals surface area contributed by atoms with Crippen LogP contribution in [0.15, 0.2) is 24.3 Å². The molecule has 0 bridgehead atoms. The average molecular weight is 302 g/mol. The van der Waals surface area contributed by atoms with Crippen molar-refractivity contribution in [3.05, 3.63) is 29.8 Å². The SMILES string of the molecule is COc1cccc(CC(=O)N2CCC3(CCNCC3)CC2)c1. The molecule has 3 rings (SSSR count). The summed E-state index contributed by atoms with van der Waals surface area (Å²) in [7, 11) is 1.66. The van der Waals surface area contributed by atoms with Crippen molar-refractivity contribution in [2.75, 3.05) is 33.3 Å². The van der Waals surface area contributed by atoms with Crippen LogP contribution in [-0.4, -0.2) is 44.1 Å². The van der Waals surface area contributed by atoms with E-state index in [0.29, 0.717) is 11.8 Å². The molecule has 4 heteroatoms. The number of ether oxygens (including phenoxy) is 1. The Morgan fingerprint density at radius 3 is 2.64 bits per heavy atom. The highest BCUT2D eigenvalue weighted by Gasteiger charge is 2.36. The zero-order valence-electron chi connectivity index (χ0n) is 13.4. The van der Waals surface area contributed by atoms with Gasteiger partial charge in [-0.3, -0.25) is 4.79 Å². The van der Waals surface area contributed by atoms with Gasteiger partial charge in [0.25, 0.3) is 0 Å². The maximum Gasteiger partial charge on any atom is 0.226 e. The van der Waals surface area contributed by atoms with Crippen molar-refractivity contribution in [2.24, 2.45) is 5.41 Å². The normalized spacial score (nSPS) is 20.9. The number of methoxy groups -OCH3 is 1. The van der Waals surface area contributed by atoms with E-state index in [0.717, 1.165) is 37.5 Å². The molecule has 4 nitrogen and oxygen atoms in total. The van der Waals surface area contributed by atoms with Crippen molar-refractivity contribution < 1.29 is 9.53 Å². The number of nitrogens with zero attached hydrogens (tertiary/aromatic N) is 1. The first-order chi connectivity index (χ1) is 10.7. The third kappa shape index (κ3) is 3.43.